The summed E-state index contributed by atoms with van der Waals surface area (Å²) in [4.78, 5) is 24.0. The van der Waals surface area contributed by atoms with Crippen LogP contribution in [0.25, 0.3) is 0 Å². The zero-order valence-electron chi connectivity index (χ0n) is 8.30. The van der Waals surface area contributed by atoms with Gasteiger partial charge in [-0.1, -0.05) is 24.3 Å². The molecule has 1 atom stereocenters. The number of nitrogens with zero attached hydrogens (tertiary/aromatic N) is 1. The minimum absolute atomic E-state index is 0.219. The van der Waals surface area contributed by atoms with Gasteiger partial charge < -0.3 is 5.11 Å². The fourth-order valence-corrected chi connectivity index (χ4v) is 1.30. The number of carbonyl (C=O) groups excluding carboxylic acids is 1. The van der Waals surface area contributed by atoms with E-state index in [1.807, 2.05) is 31.2 Å². The summed E-state index contributed by atoms with van der Waals surface area (Å²) in [5, 5.41) is 8.78. The molecule has 1 rings (SSSR count). The van der Waals surface area contributed by atoms with Crippen LogP contribution in [0.15, 0.2) is 29.3 Å². The summed E-state index contributed by atoms with van der Waals surface area (Å²) < 4.78 is 0. The van der Waals surface area contributed by atoms with Crippen molar-refractivity contribution in [2.45, 2.75) is 19.4 Å². The zero-order chi connectivity index (χ0) is 11.3. The molecule has 0 aromatic heterocycles. The predicted octanol–water partition coefficient (Wildman–Crippen LogP) is 1.33. The third kappa shape index (κ3) is 3.04. The number of carbonyl (C=O) groups is 1. The number of aryl methyl sites for hydroxylation is 1. The molecule has 0 aliphatic heterocycles. The van der Waals surface area contributed by atoms with Crippen LogP contribution in [0.2, 0.25) is 0 Å². The third-order valence-corrected chi connectivity index (χ3v) is 2.17. The van der Waals surface area contributed by atoms with Gasteiger partial charge in [-0.3, -0.25) is 0 Å². The first kappa shape index (κ1) is 11.1. The number of rotatable bonds is 4. The molecule has 0 aliphatic rings. The van der Waals surface area contributed by atoms with Crippen LogP contribution >= 0.6 is 0 Å². The molecule has 0 fully saturated rings. The number of carboxylic acid groups (broad SMARTS) is 1. The van der Waals surface area contributed by atoms with E-state index in [4.69, 9.17) is 5.11 Å². The molecule has 0 saturated carbocycles. The molecule has 0 aliphatic carbocycles. The lowest BCUT2D eigenvalue weighted by Gasteiger charge is -2.07. The zero-order valence-corrected chi connectivity index (χ0v) is 8.30. The molecule has 4 heteroatoms. The molecule has 78 valence electrons. The fraction of sp³-hybridized carbons (Fsp3) is 0.273. The average Bonchev–Trinajstić information content (AvgIpc) is 2.20. The Bertz CT molecular complexity index is 406. The quantitative estimate of drug-likeness (QED) is 0.595. The summed E-state index contributed by atoms with van der Waals surface area (Å²) in [5.41, 5.74) is 1.87. The predicted molar refractivity (Wildman–Crippen MR) is 54.4 cm³/mol. The van der Waals surface area contributed by atoms with Crippen LogP contribution < -0.4 is 0 Å². The first-order valence-corrected chi connectivity index (χ1v) is 4.49. The van der Waals surface area contributed by atoms with E-state index in [1.54, 1.807) is 0 Å². The van der Waals surface area contributed by atoms with E-state index in [9.17, 15) is 9.59 Å². The molecular weight excluding hydrogens is 194 g/mol. The molecule has 4 nitrogen and oxygen atoms in total. The van der Waals surface area contributed by atoms with E-state index in [1.165, 1.54) is 6.08 Å². The molecule has 1 aromatic rings. The Morgan fingerprint density at radius 1 is 1.53 bits per heavy atom. The van der Waals surface area contributed by atoms with Crippen molar-refractivity contribution < 1.29 is 14.7 Å². The number of hydrogen-bond acceptors (Lipinski definition) is 3. The van der Waals surface area contributed by atoms with Crippen molar-refractivity contribution in [2.75, 3.05) is 0 Å². The largest absolute Gasteiger partial charge is 0.480 e. The van der Waals surface area contributed by atoms with Crippen LogP contribution in [0.4, 0.5) is 0 Å². The average molecular weight is 205 g/mol. The van der Waals surface area contributed by atoms with E-state index in [0.717, 1.165) is 11.1 Å². The van der Waals surface area contributed by atoms with Gasteiger partial charge in [-0.2, -0.15) is 4.99 Å². The fourth-order valence-electron chi connectivity index (χ4n) is 1.30. The molecule has 0 heterocycles. The monoisotopic (exact) mass is 205 g/mol. The number of isocyanates is 1. The van der Waals surface area contributed by atoms with E-state index >= 15 is 0 Å². The summed E-state index contributed by atoms with van der Waals surface area (Å²) in [6.45, 7) is 1.89. The molecular formula is C11H11NO3. The van der Waals surface area contributed by atoms with Gasteiger partial charge in [0.1, 0.15) is 0 Å². The molecule has 1 N–H and O–H groups in total. The number of aliphatic imine (C=N–C) groups is 1. The minimum Gasteiger partial charge on any atom is -0.480 e. The Labute approximate surface area is 87.3 Å². The Balaban J connectivity index is 2.88. The number of hydrogen-bond donors (Lipinski definition) is 1. The van der Waals surface area contributed by atoms with Crippen molar-refractivity contribution in [3.05, 3.63) is 35.4 Å². The van der Waals surface area contributed by atoms with E-state index < -0.39 is 12.0 Å². The van der Waals surface area contributed by atoms with Crippen LogP contribution in [0.1, 0.15) is 11.1 Å². The van der Waals surface area contributed by atoms with Gasteiger partial charge in [0.2, 0.25) is 6.08 Å². The van der Waals surface area contributed by atoms with Gasteiger partial charge >= 0.3 is 5.97 Å². The normalized spacial score (nSPS) is 11.5. The topological polar surface area (TPSA) is 66.7 Å². The van der Waals surface area contributed by atoms with Gasteiger partial charge in [0.05, 0.1) is 0 Å². The Morgan fingerprint density at radius 2 is 2.20 bits per heavy atom. The third-order valence-electron chi connectivity index (χ3n) is 2.17. The van der Waals surface area contributed by atoms with Gasteiger partial charge in [-0.05, 0) is 18.1 Å². The summed E-state index contributed by atoms with van der Waals surface area (Å²) >= 11 is 0. The second-order valence-corrected chi connectivity index (χ2v) is 3.21. The highest BCUT2D eigenvalue weighted by atomic mass is 16.4. The second kappa shape index (κ2) is 5.08. The molecule has 0 saturated heterocycles. The highest BCUT2D eigenvalue weighted by molar-refractivity contribution is 5.75. The SMILES string of the molecule is Cc1ccccc1CC(N=C=O)C(=O)O. The number of benzene rings is 1. The van der Waals surface area contributed by atoms with Gasteiger partial charge in [-0.15, -0.1) is 0 Å². The highest BCUT2D eigenvalue weighted by Gasteiger charge is 2.17. The summed E-state index contributed by atoms with van der Waals surface area (Å²) in [6.07, 6.45) is 1.50. The maximum atomic E-state index is 10.7. The molecule has 0 radical (unpaired) electrons. The first-order valence-electron chi connectivity index (χ1n) is 4.49. The van der Waals surface area contributed by atoms with Crippen LogP contribution in [0, 0.1) is 6.92 Å². The molecule has 0 spiro atoms. The molecule has 1 unspecified atom stereocenters. The number of carboxylic acids is 1. The van der Waals surface area contributed by atoms with Crippen molar-refractivity contribution in [1.29, 1.82) is 0 Å². The summed E-state index contributed by atoms with van der Waals surface area (Å²) in [5.74, 6) is -1.11. The van der Waals surface area contributed by atoms with Crippen molar-refractivity contribution in [1.82, 2.24) is 0 Å². The number of aliphatic carboxylic acids is 1. The van der Waals surface area contributed by atoms with E-state index in [2.05, 4.69) is 4.99 Å². The summed E-state index contributed by atoms with van der Waals surface area (Å²) in [7, 11) is 0. The van der Waals surface area contributed by atoms with E-state index in [0.29, 0.717) is 0 Å². The Kier molecular flexibility index (Phi) is 3.77. The van der Waals surface area contributed by atoms with Crippen LogP contribution in [0.3, 0.4) is 0 Å². The van der Waals surface area contributed by atoms with Crippen molar-refractivity contribution in [3.63, 3.8) is 0 Å². The lowest BCUT2D eigenvalue weighted by Crippen LogP contribution is -2.20. The van der Waals surface area contributed by atoms with Crippen molar-refractivity contribution in [2.24, 2.45) is 4.99 Å². The molecule has 1 aromatic carbocycles. The second-order valence-electron chi connectivity index (χ2n) is 3.21. The lowest BCUT2D eigenvalue weighted by molar-refractivity contribution is -0.138. The van der Waals surface area contributed by atoms with Gasteiger partial charge in [0, 0.05) is 6.42 Å². The molecule has 15 heavy (non-hydrogen) atoms. The Hall–Kier alpha value is -1.93. The van der Waals surface area contributed by atoms with Gasteiger partial charge in [0.25, 0.3) is 0 Å². The van der Waals surface area contributed by atoms with Gasteiger partial charge in [-0.25, -0.2) is 9.59 Å². The summed E-state index contributed by atoms with van der Waals surface area (Å²) in [6, 6.07) is 6.37. The lowest BCUT2D eigenvalue weighted by atomic mass is 10.0. The molecule has 0 amide bonds. The minimum atomic E-state index is -1.11. The van der Waals surface area contributed by atoms with Crippen LogP contribution in [-0.2, 0) is 16.0 Å². The standard InChI is InChI=1S/C11H11NO3/c1-8-4-2-3-5-9(8)6-10(11(14)15)12-7-13/h2-5,10H,6H2,1H3,(H,14,15). The van der Waals surface area contributed by atoms with Crippen molar-refractivity contribution in [3.8, 4) is 0 Å². The Morgan fingerprint density at radius 3 is 2.73 bits per heavy atom. The highest BCUT2D eigenvalue weighted by Crippen LogP contribution is 2.11. The van der Waals surface area contributed by atoms with E-state index in [-0.39, 0.29) is 6.42 Å². The molecule has 0 bridgehead atoms. The first-order chi connectivity index (χ1) is 7.15. The maximum absolute atomic E-state index is 10.7. The van der Waals surface area contributed by atoms with Crippen LogP contribution in [-0.4, -0.2) is 23.2 Å². The van der Waals surface area contributed by atoms with Gasteiger partial charge in [0.15, 0.2) is 6.04 Å². The van der Waals surface area contributed by atoms with Crippen molar-refractivity contribution >= 4 is 12.0 Å². The van der Waals surface area contributed by atoms with Crippen LogP contribution in [0.5, 0.6) is 0 Å². The maximum Gasteiger partial charge on any atom is 0.329 e. The smallest absolute Gasteiger partial charge is 0.329 e.